The molecule has 0 aliphatic carbocycles. The lowest BCUT2D eigenvalue weighted by Crippen LogP contribution is -2.35. The van der Waals surface area contributed by atoms with Crippen molar-refractivity contribution in [1.82, 2.24) is 10.5 Å². The molecule has 3 rings (SSSR count). The van der Waals surface area contributed by atoms with Crippen LogP contribution in [0, 0.1) is 5.92 Å². The minimum absolute atomic E-state index is 0.0453. The average Bonchev–Trinajstić information content (AvgIpc) is 3.13. The number of nitrogens with one attached hydrogen (secondary N) is 1. The van der Waals surface area contributed by atoms with Crippen molar-refractivity contribution in [3.05, 3.63) is 65.4 Å². The van der Waals surface area contributed by atoms with Crippen LogP contribution in [0.15, 0.2) is 53.1 Å². The number of benzene rings is 2. The Morgan fingerprint density at radius 2 is 1.83 bits per heavy atom. The number of hydrogen-bond acceptors (Lipinski definition) is 5. The second kappa shape index (κ2) is 9.37. The number of carbonyl (C=O) groups is 2. The van der Waals surface area contributed by atoms with Gasteiger partial charge < -0.3 is 14.6 Å². The van der Waals surface area contributed by atoms with Crippen LogP contribution in [0.5, 0.6) is 0 Å². The fraction of sp³-hybridized carbons (Fsp3) is 0.348. The van der Waals surface area contributed by atoms with Crippen molar-refractivity contribution in [2.24, 2.45) is 5.92 Å². The third-order valence-corrected chi connectivity index (χ3v) is 4.86. The fourth-order valence-electron chi connectivity index (χ4n) is 3.21. The summed E-state index contributed by atoms with van der Waals surface area (Å²) in [6.45, 7) is 5.86. The maximum atomic E-state index is 12.4. The molecule has 1 atom stereocenters. The predicted molar refractivity (Wildman–Crippen MR) is 110 cm³/mol. The van der Waals surface area contributed by atoms with E-state index in [1.54, 1.807) is 6.07 Å². The van der Waals surface area contributed by atoms with E-state index in [1.807, 2.05) is 44.2 Å². The Bertz CT molecular complexity index is 976. The van der Waals surface area contributed by atoms with Crippen molar-refractivity contribution in [3.8, 4) is 0 Å². The zero-order chi connectivity index (χ0) is 20.8. The van der Waals surface area contributed by atoms with Crippen molar-refractivity contribution < 1.29 is 18.8 Å². The second-order valence-electron chi connectivity index (χ2n) is 7.35. The molecule has 6 heteroatoms. The monoisotopic (exact) mass is 394 g/mol. The Morgan fingerprint density at radius 3 is 2.52 bits per heavy atom. The van der Waals surface area contributed by atoms with Gasteiger partial charge in [-0.15, -0.1) is 0 Å². The van der Waals surface area contributed by atoms with E-state index in [-0.39, 0.29) is 30.9 Å². The molecule has 6 nitrogen and oxygen atoms in total. The number of fused-ring (bicyclic) bond motifs is 1. The molecule has 0 radical (unpaired) electrons. The van der Waals surface area contributed by atoms with E-state index in [0.29, 0.717) is 11.3 Å². The van der Waals surface area contributed by atoms with E-state index in [0.717, 1.165) is 17.4 Å². The minimum Gasteiger partial charge on any atom is -0.455 e. The quantitative estimate of drug-likeness (QED) is 0.584. The first kappa shape index (κ1) is 20.6. The fourth-order valence-corrected chi connectivity index (χ4v) is 3.21. The molecular formula is C23H26N2O4. The third kappa shape index (κ3) is 5.22. The summed E-state index contributed by atoms with van der Waals surface area (Å²) in [7, 11) is 0. The molecule has 0 saturated heterocycles. The SMILES string of the molecule is CCc1ccc([C@@H](NC(=O)COC(=O)Cc2noc3ccccc23)C(C)C)cc1. The molecule has 0 unspecified atom stereocenters. The molecule has 29 heavy (non-hydrogen) atoms. The zero-order valence-electron chi connectivity index (χ0n) is 17.0. The van der Waals surface area contributed by atoms with Gasteiger partial charge in [-0.25, -0.2) is 0 Å². The molecule has 0 bridgehead atoms. The number of para-hydroxylation sites is 1. The highest BCUT2D eigenvalue weighted by Crippen LogP contribution is 2.22. The van der Waals surface area contributed by atoms with Crippen LogP contribution in [0.4, 0.5) is 0 Å². The van der Waals surface area contributed by atoms with Gasteiger partial charge in [0.25, 0.3) is 5.91 Å². The van der Waals surface area contributed by atoms with Crippen molar-refractivity contribution in [2.75, 3.05) is 6.61 Å². The molecule has 1 aromatic heterocycles. The van der Waals surface area contributed by atoms with Crippen molar-refractivity contribution in [2.45, 2.75) is 39.7 Å². The highest BCUT2D eigenvalue weighted by Gasteiger charge is 2.20. The largest absolute Gasteiger partial charge is 0.455 e. The predicted octanol–water partition coefficient (Wildman–Crippen LogP) is 3.99. The highest BCUT2D eigenvalue weighted by molar-refractivity contribution is 5.85. The number of rotatable bonds is 8. The number of ether oxygens (including phenoxy) is 1. The Morgan fingerprint density at radius 1 is 1.10 bits per heavy atom. The number of nitrogens with zero attached hydrogens (tertiary/aromatic N) is 1. The Hall–Kier alpha value is -3.15. The molecule has 1 N–H and O–H groups in total. The summed E-state index contributed by atoms with van der Waals surface area (Å²) < 4.78 is 10.3. The van der Waals surface area contributed by atoms with E-state index in [2.05, 4.69) is 29.5 Å². The topological polar surface area (TPSA) is 81.4 Å². The van der Waals surface area contributed by atoms with Crippen LogP contribution in [0.2, 0.25) is 0 Å². The summed E-state index contributed by atoms with van der Waals surface area (Å²) in [6, 6.07) is 15.4. The number of esters is 1. The zero-order valence-corrected chi connectivity index (χ0v) is 17.0. The van der Waals surface area contributed by atoms with Crippen LogP contribution < -0.4 is 5.32 Å². The number of amides is 1. The molecule has 0 aliphatic heterocycles. The number of hydrogen-bond donors (Lipinski definition) is 1. The van der Waals surface area contributed by atoms with Crippen LogP contribution in [-0.2, 0) is 27.2 Å². The lowest BCUT2D eigenvalue weighted by atomic mass is 9.95. The van der Waals surface area contributed by atoms with E-state index in [9.17, 15) is 9.59 Å². The minimum atomic E-state index is -0.521. The van der Waals surface area contributed by atoms with Crippen LogP contribution in [0.1, 0.15) is 43.6 Å². The van der Waals surface area contributed by atoms with Gasteiger partial charge in [-0.3, -0.25) is 9.59 Å². The molecule has 0 aliphatic rings. The van der Waals surface area contributed by atoms with Gasteiger partial charge in [-0.05, 0) is 35.6 Å². The van der Waals surface area contributed by atoms with Gasteiger partial charge in [-0.1, -0.05) is 62.3 Å². The van der Waals surface area contributed by atoms with E-state index < -0.39 is 5.97 Å². The molecule has 152 valence electrons. The normalized spacial score (nSPS) is 12.1. The molecule has 1 heterocycles. The molecular weight excluding hydrogens is 368 g/mol. The molecule has 2 aromatic carbocycles. The summed E-state index contributed by atoms with van der Waals surface area (Å²) in [6.07, 6.45) is 0.923. The maximum Gasteiger partial charge on any atom is 0.312 e. The third-order valence-electron chi connectivity index (χ3n) is 4.86. The van der Waals surface area contributed by atoms with Crippen molar-refractivity contribution in [1.29, 1.82) is 0 Å². The lowest BCUT2D eigenvalue weighted by molar-refractivity contribution is -0.148. The summed E-state index contributed by atoms with van der Waals surface area (Å²) in [5.74, 6) is -0.655. The first-order chi connectivity index (χ1) is 14.0. The smallest absolute Gasteiger partial charge is 0.312 e. The van der Waals surface area contributed by atoms with E-state index in [4.69, 9.17) is 9.26 Å². The summed E-state index contributed by atoms with van der Waals surface area (Å²) in [5.41, 5.74) is 3.40. The van der Waals surface area contributed by atoms with Gasteiger partial charge in [0.1, 0.15) is 5.69 Å². The Kier molecular flexibility index (Phi) is 6.65. The molecule has 0 fully saturated rings. The van der Waals surface area contributed by atoms with Crippen molar-refractivity contribution in [3.63, 3.8) is 0 Å². The van der Waals surface area contributed by atoms with Gasteiger partial charge in [0.05, 0.1) is 12.5 Å². The molecule has 0 spiro atoms. The van der Waals surface area contributed by atoms with Crippen molar-refractivity contribution >= 4 is 22.8 Å². The molecule has 0 saturated carbocycles. The Balaban J connectivity index is 1.55. The Labute approximate surface area is 170 Å². The summed E-state index contributed by atoms with van der Waals surface area (Å²) >= 11 is 0. The number of aromatic nitrogens is 1. The number of aryl methyl sites for hydroxylation is 1. The van der Waals surface area contributed by atoms with Gasteiger partial charge >= 0.3 is 5.97 Å². The lowest BCUT2D eigenvalue weighted by Gasteiger charge is -2.23. The first-order valence-electron chi connectivity index (χ1n) is 9.85. The van der Waals surface area contributed by atoms with E-state index >= 15 is 0 Å². The molecule has 3 aromatic rings. The van der Waals surface area contributed by atoms with E-state index in [1.165, 1.54) is 5.56 Å². The van der Waals surface area contributed by atoms with Crippen LogP contribution in [0.25, 0.3) is 11.0 Å². The summed E-state index contributed by atoms with van der Waals surface area (Å²) in [5, 5.41) is 7.64. The van der Waals surface area contributed by atoms with Crippen LogP contribution in [-0.4, -0.2) is 23.6 Å². The maximum absolute atomic E-state index is 12.4. The van der Waals surface area contributed by atoms with Gasteiger partial charge in [-0.2, -0.15) is 0 Å². The standard InChI is InChI=1S/C23H26N2O4/c1-4-16-9-11-17(12-10-16)23(15(2)3)24-21(26)14-28-22(27)13-19-18-7-5-6-8-20(18)29-25-19/h5-12,15,23H,4,13-14H2,1-3H3,(H,24,26)/t23-/m0/s1. The average molecular weight is 394 g/mol. The van der Waals surface area contributed by atoms with Gasteiger partial charge in [0, 0.05) is 5.39 Å². The number of carbonyl (C=O) groups excluding carboxylic acids is 2. The van der Waals surface area contributed by atoms with Gasteiger partial charge in [0.2, 0.25) is 0 Å². The van der Waals surface area contributed by atoms with Gasteiger partial charge in [0.15, 0.2) is 12.2 Å². The second-order valence-corrected chi connectivity index (χ2v) is 7.35. The molecule has 1 amide bonds. The van der Waals surface area contributed by atoms with Crippen LogP contribution in [0.3, 0.4) is 0 Å². The highest BCUT2D eigenvalue weighted by atomic mass is 16.5. The summed E-state index contributed by atoms with van der Waals surface area (Å²) in [4.78, 5) is 24.5. The van der Waals surface area contributed by atoms with Crippen LogP contribution >= 0.6 is 0 Å². The first-order valence-corrected chi connectivity index (χ1v) is 9.85.